The third-order valence-corrected chi connectivity index (χ3v) is 7.80. The molecule has 0 unspecified atom stereocenters. The van der Waals surface area contributed by atoms with Gasteiger partial charge in [-0.15, -0.1) is 0 Å². The molecule has 0 radical (unpaired) electrons. The van der Waals surface area contributed by atoms with Crippen LogP contribution in [0.2, 0.25) is 0 Å². The van der Waals surface area contributed by atoms with Gasteiger partial charge in [0.25, 0.3) is 0 Å². The van der Waals surface area contributed by atoms with E-state index >= 15 is 0 Å². The third-order valence-electron chi connectivity index (χ3n) is 7.80. The molecule has 4 aromatic rings. The maximum Gasteiger partial charge on any atom is 0.248 e. The zero-order chi connectivity index (χ0) is 29.6. The van der Waals surface area contributed by atoms with Crippen LogP contribution in [0.3, 0.4) is 0 Å². The molecular formula is C35H41N3O3. The van der Waals surface area contributed by atoms with Crippen molar-refractivity contribution >= 4 is 22.6 Å². The molecule has 0 aromatic heterocycles. The average Bonchev–Trinajstić information content (AvgIpc) is 2.99. The second-order valence-electron chi connectivity index (χ2n) is 11.3. The Labute approximate surface area is 243 Å². The Hall–Kier alpha value is -4.16. The smallest absolute Gasteiger partial charge is 0.248 e. The molecule has 3 atom stereocenters. The van der Waals surface area contributed by atoms with Crippen LogP contribution in [0.5, 0.6) is 5.75 Å². The van der Waals surface area contributed by atoms with Crippen LogP contribution >= 0.6 is 0 Å². The van der Waals surface area contributed by atoms with E-state index in [2.05, 4.69) is 29.6 Å². The van der Waals surface area contributed by atoms with Crippen molar-refractivity contribution in [2.24, 2.45) is 11.7 Å². The third kappa shape index (κ3) is 7.14. The zero-order valence-electron chi connectivity index (χ0n) is 24.6. The number of nitrogens with one attached hydrogen (secondary N) is 1. The lowest BCUT2D eigenvalue weighted by atomic mass is 9.89. The molecule has 0 saturated carbocycles. The summed E-state index contributed by atoms with van der Waals surface area (Å²) in [5.41, 5.74) is 8.01. The van der Waals surface area contributed by atoms with Crippen LogP contribution in [0.25, 0.3) is 10.8 Å². The highest BCUT2D eigenvalue weighted by atomic mass is 16.5. The lowest BCUT2D eigenvalue weighted by Crippen LogP contribution is -2.61. The second-order valence-corrected chi connectivity index (χ2v) is 11.3. The molecule has 4 aromatic carbocycles. The molecule has 0 aliphatic heterocycles. The van der Waals surface area contributed by atoms with Crippen molar-refractivity contribution in [2.45, 2.75) is 58.3 Å². The van der Waals surface area contributed by atoms with Gasteiger partial charge in [0, 0.05) is 13.5 Å². The van der Waals surface area contributed by atoms with Gasteiger partial charge < -0.3 is 20.7 Å². The molecule has 6 heteroatoms. The summed E-state index contributed by atoms with van der Waals surface area (Å²) < 4.78 is 5.94. The van der Waals surface area contributed by atoms with E-state index in [1.165, 1.54) is 0 Å². The van der Waals surface area contributed by atoms with Crippen LogP contribution in [0, 0.1) is 5.92 Å². The molecule has 0 aliphatic carbocycles. The summed E-state index contributed by atoms with van der Waals surface area (Å²) >= 11 is 0. The predicted octanol–water partition coefficient (Wildman–Crippen LogP) is 6.04. The number of carbonyl (C=O) groups excluding carboxylic acids is 2. The van der Waals surface area contributed by atoms with Crippen LogP contribution in [-0.2, 0) is 22.6 Å². The van der Waals surface area contributed by atoms with E-state index in [9.17, 15) is 9.59 Å². The van der Waals surface area contributed by atoms with Crippen molar-refractivity contribution in [3.05, 3.63) is 114 Å². The van der Waals surface area contributed by atoms with Crippen molar-refractivity contribution < 1.29 is 14.3 Å². The highest BCUT2D eigenvalue weighted by molar-refractivity contribution is 5.94. The zero-order valence-corrected chi connectivity index (χ0v) is 24.6. The Morgan fingerprint density at radius 3 is 2.17 bits per heavy atom. The lowest BCUT2D eigenvalue weighted by Gasteiger charge is -2.37. The minimum absolute atomic E-state index is 0.0669. The normalized spacial score (nSPS) is 14.2. The number of likely N-dealkylation sites (N-methyl/N-ethyl adjacent to an activating group) is 1. The fourth-order valence-electron chi connectivity index (χ4n) is 5.07. The summed E-state index contributed by atoms with van der Waals surface area (Å²) in [4.78, 5) is 29.1. The minimum Gasteiger partial charge on any atom is -0.489 e. The summed E-state index contributed by atoms with van der Waals surface area (Å²) in [6, 6.07) is 31.0. The van der Waals surface area contributed by atoms with Crippen molar-refractivity contribution in [3.63, 3.8) is 0 Å². The van der Waals surface area contributed by atoms with Crippen LogP contribution in [0.4, 0.5) is 0 Å². The topological polar surface area (TPSA) is 84.7 Å². The van der Waals surface area contributed by atoms with E-state index < -0.39 is 11.6 Å². The summed E-state index contributed by atoms with van der Waals surface area (Å²) in [5.74, 6) is 0.137. The molecule has 214 valence electrons. The molecule has 3 N–H and O–H groups in total. The summed E-state index contributed by atoms with van der Waals surface area (Å²) in [7, 11) is 1.79. The van der Waals surface area contributed by atoms with Gasteiger partial charge in [0.2, 0.25) is 11.8 Å². The number of hydrogen-bond donors (Lipinski definition) is 2. The van der Waals surface area contributed by atoms with Crippen molar-refractivity contribution in [1.29, 1.82) is 0 Å². The SMILES string of the molecule is CC(C)[C@H](N)C(=O)N[C@@](C)(Cc1ccc(OCc2ccccc2)cc1)C(=O)N(C)[C@H](C)c1cccc2ccccc12. The number of benzene rings is 4. The first kappa shape index (κ1) is 29.8. The number of ether oxygens (including phenoxy) is 1. The fourth-order valence-corrected chi connectivity index (χ4v) is 5.07. The quantitative estimate of drug-likeness (QED) is 0.238. The highest BCUT2D eigenvalue weighted by Crippen LogP contribution is 2.30. The van der Waals surface area contributed by atoms with Gasteiger partial charge in [0.15, 0.2) is 0 Å². The second kappa shape index (κ2) is 13.0. The summed E-state index contributed by atoms with van der Waals surface area (Å²) in [6.07, 6.45) is 0.300. The Kier molecular flexibility index (Phi) is 9.46. The first-order chi connectivity index (χ1) is 19.6. The molecule has 0 heterocycles. The average molecular weight is 552 g/mol. The molecule has 41 heavy (non-hydrogen) atoms. The van der Waals surface area contributed by atoms with Gasteiger partial charge in [0.05, 0.1) is 12.1 Å². The minimum atomic E-state index is -1.22. The molecule has 0 bridgehead atoms. The molecule has 0 saturated heterocycles. The number of nitrogens with zero attached hydrogens (tertiary/aromatic N) is 1. The van der Waals surface area contributed by atoms with Gasteiger partial charge in [0.1, 0.15) is 17.9 Å². The first-order valence-corrected chi connectivity index (χ1v) is 14.2. The molecule has 2 amide bonds. The lowest BCUT2D eigenvalue weighted by molar-refractivity contribution is -0.142. The largest absolute Gasteiger partial charge is 0.489 e. The maximum absolute atomic E-state index is 14.2. The molecular weight excluding hydrogens is 510 g/mol. The molecule has 4 rings (SSSR count). The Morgan fingerprint density at radius 2 is 1.49 bits per heavy atom. The van der Waals surface area contributed by atoms with Crippen molar-refractivity contribution in [2.75, 3.05) is 7.05 Å². The van der Waals surface area contributed by atoms with Crippen LogP contribution < -0.4 is 15.8 Å². The Bertz CT molecular complexity index is 1460. The van der Waals surface area contributed by atoms with Crippen molar-refractivity contribution in [1.82, 2.24) is 10.2 Å². The van der Waals surface area contributed by atoms with E-state index in [4.69, 9.17) is 10.5 Å². The van der Waals surface area contributed by atoms with Crippen molar-refractivity contribution in [3.8, 4) is 5.75 Å². The number of amides is 2. The first-order valence-electron chi connectivity index (χ1n) is 14.2. The van der Waals surface area contributed by atoms with Gasteiger partial charge in [-0.3, -0.25) is 9.59 Å². The fraction of sp³-hybridized carbons (Fsp3) is 0.314. The van der Waals surface area contributed by atoms with E-state index in [0.29, 0.717) is 13.0 Å². The summed E-state index contributed by atoms with van der Waals surface area (Å²) in [6.45, 7) is 8.06. The number of hydrogen-bond acceptors (Lipinski definition) is 4. The number of fused-ring (bicyclic) bond motifs is 1. The molecule has 0 fully saturated rings. The molecule has 0 aliphatic rings. The number of rotatable bonds is 11. The summed E-state index contributed by atoms with van der Waals surface area (Å²) in [5, 5.41) is 5.24. The molecule has 0 spiro atoms. The Balaban J connectivity index is 1.57. The van der Waals surface area contributed by atoms with Gasteiger partial charge in [-0.2, -0.15) is 0 Å². The van der Waals surface area contributed by atoms with Gasteiger partial charge >= 0.3 is 0 Å². The predicted molar refractivity (Wildman–Crippen MR) is 165 cm³/mol. The van der Waals surface area contributed by atoms with E-state index in [1.54, 1.807) is 18.9 Å². The van der Waals surface area contributed by atoms with E-state index in [1.807, 2.05) is 93.6 Å². The Morgan fingerprint density at radius 1 is 0.854 bits per heavy atom. The standard InChI is InChI=1S/C35H41N3O3/c1-24(2)32(36)33(39)37-35(4,22-26-18-20-29(21-19-26)41-23-27-12-7-6-8-13-27)34(40)38(5)25(3)30-17-11-15-28-14-9-10-16-31(28)30/h6-21,24-25,32H,22-23,36H2,1-5H3,(H,37,39)/t25-,32+,35+/m1/s1. The van der Waals surface area contributed by atoms with Gasteiger partial charge in [-0.05, 0) is 59.4 Å². The number of carbonyl (C=O) groups is 2. The monoisotopic (exact) mass is 551 g/mol. The van der Waals surface area contributed by atoms with Crippen LogP contribution in [0.15, 0.2) is 97.1 Å². The highest BCUT2D eigenvalue weighted by Gasteiger charge is 2.40. The maximum atomic E-state index is 14.2. The number of nitrogens with two attached hydrogens (primary N) is 1. The van der Waals surface area contributed by atoms with E-state index in [-0.39, 0.29) is 23.8 Å². The van der Waals surface area contributed by atoms with Gasteiger partial charge in [-0.25, -0.2) is 0 Å². The molecule has 6 nitrogen and oxygen atoms in total. The van der Waals surface area contributed by atoms with Gasteiger partial charge in [-0.1, -0.05) is 98.8 Å². The van der Waals surface area contributed by atoms with Crippen LogP contribution in [0.1, 0.15) is 50.4 Å². The van der Waals surface area contributed by atoms with E-state index in [0.717, 1.165) is 33.2 Å². The van der Waals surface area contributed by atoms with Crippen LogP contribution in [-0.4, -0.2) is 35.3 Å².